The predicted octanol–water partition coefficient (Wildman–Crippen LogP) is 2.66. The average Bonchev–Trinajstić information content (AvgIpc) is 2.20. The van der Waals surface area contributed by atoms with Crippen LogP contribution in [0.15, 0.2) is 5.16 Å². The van der Waals surface area contributed by atoms with E-state index in [-0.39, 0.29) is 0 Å². The van der Waals surface area contributed by atoms with Crippen LogP contribution in [-0.2, 0) is 0 Å². The molecule has 0 aliphatic carbocycles. The molecule has 0 aliphatic heterocycles. The quantitative estimate of drug-likeness (QED) is 0.243. The van der Waals surface area contributed by atoms with Gasteiger partial charge in [0, 0.05) is 0 Å². The zero-order valence-electron chi connectivity index (χ0n) is 5.20. The maximum atomic E-state index is 8.20. The average molecular weight is 191 g/mol. The van der Waals surface area contributed by atoms with Crippen molar-refractivity contribution in [2.75, 3.05) is 0 Å². The molecule has 0 fully saturated rings. The summed E-state index contributed by atoms with van der Waals surface area (Å²) in [5.74, 6) is 0. The van der Waals surface area contributed by atoms with Gasteiger partial charge in [-0.1, -0.05) is 38.1 Å². The number of hydrogen-bond acceptors (Lipinski definition) is 5. The Kier molecular flexibility index (Phi) is 2.53. The lowest BCUT2D eigenvalue weighted by Crippen LogP contribution is -1.76. The lowest BCUT2D eigenvalue weighted by atomic mass is 10.3. The van der Waals surface area contributed by atoms with E-state index >= 15 is 0 Å². The van der Waals surface area contributed by atoms with Crippen molar-refractivity contribution in [2.45, 2.75) is 6.92 Å². The third-order valence-corrected chi connectivity index (χ3v) is 4.35. The van der Waals surface area contributed by atoms with Crippen LogP contribution in [0.4, 0.5) is 0 Å². The van der Waals surface area contributed by atoms with Gasteiger partial charge in [0.2, 0.25) is 0 Å². The number of nitrogens with zero attached hydrogens (tertiary/aromatic N) is 1. The maximum Gasteiger partial charge on any atom is 0.105 e. The van der Waals surface area contributed by atoms with E-state index in [9.17, 15) is 0 Å². The zero-order chi connectivity index (χ0) is 7.56. The van der Waals surface area contributed by atoms with Crippen LogP contribution in [0.2, 0.25) is 0 Å². The topological polar surface area (TPSA) is 32.6 Å². The van der Waals surface area contributed by atoms with Gasteiger partial charge in [0.15, 0.2) is 0 Å². The highest BCUT2D eigenvalue weighted by molar-refractivity contribution is 7.79. The first-order chi connectivity index (χ1) is 4.75. The third kappa shape index (κ3) is 1.42. The monoisotopic (exact) mass is 191 g/mol. The summed E-state index contributed by atoms with van der Waals surface area (Å²) in [6.45, 7) is 1.92. The molecule has 1 aromatic rings. The summed E-state index contributed by atoms with van der Waals surface area (Å²) < 4.78 is 0.875. The van der Waals surface area contributed by atoms with Gasteiger partial charge in [0.05, 0.1) is 11.1 Å². The van der Waals surface area contributed by atoms with Crippen LogP contribution in [-0.4, -0.2) is 11.4 Å². The Labute approximate surface area is 70.8 Å². The summed E-state index contributed by atoms with van der Waals surface area (Å²) in [4.78, 5) is 0.942. The Morgan fingerprint density at radius 2 is 2.30 bits per heavy atom. The Balaban J connectivity index is 3.17. The van der Waals surface area contributed by atoms with Crippen LogP contribution in [0.1, 0.15) is 10.4 Å². The first kappa shape index (κ1) is 7.84. The molecule has 0 aromatic carbocycles. The highest BCUT2D eigenvalue weighted by Crippen LogP contribution is 2.21. The van der Waals surface area contributed by atoms with E-state index in [1.54, 1.807) is 0 Å². The van der Waals surface area contributed by atoms with Gasteiger partial charge >= 0.3 is 0 Å². The van der Waals surface area contributed by atoms with Crippen LogP contribution in [0, 0.1) is 10.7 Å². The molecular formula is C5H5NOS3. The van der Waals surface area contributed by atoms with Crippen LogP contribution in [0.5, 0.6) is 0 Å². The standard InChI is InChI=1S/C5H5NOS3/c1-3-4(2-6-7)9-10-5(3)8/h2,7H,1H3/b6-2-. The summed E-state index contributed by atoms with van der Waals surface area (Å²) >= 11 is 4.97. The molecule has 54 valence electrons. The SMILES string of the molecule is Cc1c(/C=N\O)ssc1=S. The molecular weight excluding hydrogens is 186 g/mol. The van der Waals surface area contributed by atoms with Gasteiger partial charge < -0.3 is 5.21 Å². The minimum absolute atomic E-state index is 0.875. The second kappa shape index (κ2) is 3.23. The zero-order valence-corrected chi connectivity index (χ0v) is 7.65. The molecule has 0 unspecified atom stereocenters. The molecule has 0 saturated heterocycles. The molecule has 1 heterocycles. The van der Waals surface area contributed by atoms with Crippen molar-refractivity contribution in [1.82, 2.24) is 0 Å². The Morgan fingerprint density at radius 3 is 2.70 bits per heavy atom. The van der Waals surface area contributed by atoms with Gasteiger partial charge in [0.25, 0.3) is 0 Å². The van der Waals surface area contributed by atoms with E-state index in [1.807, 2.05) is 6.92 Å². The largest absolute Gasteiger partial charge is 0.411 e. The summed E-state index contributed by atoms with van der Waals surface area (Å²) in [6, 6.07) is 0. The third-order valence-electron chi connectivity index (χ3n) is 1.06. The van der Waals surface area contributed by atoms with Crippen molar-refractivity contribution in [3.8, 4) is 0 Å². The molecule has 0 radical (unpaired) electrons. The lowest BCUT2D eigenvalue weighted by Gasteiger charge is -1.82. The minimum atomic E-state index is 0.875. The summed E-state index contributed by atoms with van der Waals surface area (Å²) in [5, 5.41) is 11.1. The fraction of sp³-hybridized carbons (Fsp3) is 0.200. The maximum absolute atomic E-state index is 8.20. The molecule has 10 heavy (non-hydrogen) atoms. The molecule has 1 N–H and O–H groups in total. The fourth-order valence-corrected chi connectivity index (χ4v) is 3.12. The van der Waals surface area contributed by atoms with Crippen molar-refractivity contribution in [2.24, 2.45) is 5.16 Å². The van der Waals surface area contributed by atoms with E-state index in [4.69, 9.17) is 17.4 Å². The van der Waals surface area contributed by atoms with Crippen molar-refractivity contribution < 1.29 is 5.21 Å². The van der Waals surface area contributed by atoms with Gasteiger partial charge in [-0.2, -0.15) is 0 Å². The Morgan fingerprint density at radius 1 is 1.60 bits per heavy atom. The first-order valence-corrected chi connectivity index (χ1v) is 5.08. The van der Waals surface area contributed by atoms with Gasteiger partial charge in [-0.05, 0) is 12.5 Å². The molecule has 1 rings (SSSR count). The normalized spacial score (nSPS) is 10.9. The predicted molar refractivity (Wildman–Crippen MR) is 47.1 cm³/mol. The molecule has 0 amide bonds. The van der Waals surface area contributed by atoms with Crippen LogP contribution in [0.25, 0.3) is 0 Å². The summed E-state index contributed by atoms with van der Waals surface area (Å²) in [6.07, 6.45) is 1.41. The second-order valence-corrected chi connectivity index (χ2v) is 4.54. The molecule has 0 spiro atoms. The molecule has 0 atom stereocenters. The van der Waals surface area contributed by atoms with E-state index in [0.717, 1.165) is 14.3 Å². The van der Waals surface area contributed by atoms with Gasteiger partial charge in [-0.25, -0.2) is 0 Å². The Hall–Kier alpha value is -0.260. The van der Waals surface area contributed by atoms with Gasteiger partial charge in [-0.3, -0.25) is 0 Å². The molecule has 0 aliphatic rings. The molecule has 1 aromatic heterocycles. The molecule has 2 nitrogen and oxygen atoms in total. The number of hydrogen-bond donors (Lipinski definition) is 1. The molecule has 5 heteroatoms. The lowest BCUT2D eigenvalue weighted by molar-refractivity contribution is 0.322. The van der Waals surface area contributed by atoms with Gasteiger partial charge in [-0.15, -0.1) is 0 Å². The van der Waals surface area contributed by atoms with E-state index < -0.39 is 0 Å². The highest BCUT2D eigenvalue weighted by Gasteiger charge is 1.99. The summed E-state index contributed by atoms with van der Waals surface area (Å²) in [7, 11) is 3.05. The van der Waals surface area contributed by atoms with E-state index in [0.29, 0.717) is 0 Å². The highest BCUT2D eigenvalue weighted by atomic mass is 32.9. The second-order valence-electron chi connectivity index (χ2n) is 1.69. The Bertz CT molecular complexity index is 298. The van der Waals surface area contributed by atoms with E-state index in [2.05, 4.69) is 5.16 Å². The van der Waals surface area contributed by atoms with Crippen molar-refractivity contribution in [3.05, 3.63) is 14.3 Å². The smallest absolute Gasteiger partial charge is 0.105 e. The minimum Gasteiger partial charge on any atom is -0.411 e. The first-order valence-electron chi connectivity index (χ1n) is 2.53. The fourth-order valence-electron chi connectivity index (χ4n) is 0.479. The van der Waals surface area contributed by atoms with Crippen molar-refractivity contribution >= 4 is 39.1 Å². The molecule has 0 saturated carbocycles. The van der Waals surface area contributed by atoms with E-state index in [1.165, 1.54) is 26.9 Å². The summed E-state index contributed by atoms with van der Waals surface area (Å²) in [5.41, 5.74) is 1.03. The van der Waals surface area contributed by atoms with Crippen LogP contribution in [0.3, 0.4) is 0 Å². The van der Waals surface area contributed by atoms with Crippen LogP contribution >= 0.6 is 32.9 Å². The van der Waals surface area contributed by atoms with Gasteiger partial charge in [0.1, 0.15) is 3.82 Å². The number of rotatable bonds is 1. The van der Waals surface area contributed by atoms with Crippen molar-refractivity contribution in [1.29, 1.82) is 0 Å². The van der Waals surface area contributed by atoms with Crippen LogP contribution < -0.4 is 0 Å². The van der Waals surface area contributed by atoms with Crippen molar-refractivity contribution in [3.63, 3.8) is 0 Å². The molecule has 0 bridgehead atoms. The number of oxime groups is 1.